The fraction of sp³-hybridized carbons (Fsp3) is 0. The van der Waals surface area contributed by atoms with Crippen molar-refractivity contribution < 1.29 is 4.79 Å². The predicted molar refractivity (Wildman–Crippen MR) is 73.7 cm³/mol. The van der Waals surface area contributed by atoms with E-state index in [-0.39, 0.29) is 15.9 Å². The quantitative estimate of drug-likeness (QED) is 0.841. The van der Waals surface area contributed by atoms with Crippen molar-refractivity contribution in [2.75, 3.05) is 5.32 Å². The molecule has 92 valence electrons. The van der Waals surface area contributed by atoms with E-state index in [0.717, 1.165) is 0 Å². The van der Waals surface area contributed by atoms with Crippen molar-refractivity contribution >= 4 is 46.4 Å². The largest absolute Gasteiger partial charge is 0.321 e. The lowest BCUT2D eigenvalue weighted by Gasteiger charge is -2.06. The van der Waals surface area contributed by atoms with Crippen LogP contribution in [0.2, 0.25) is 15.2 Å². The van der Waals surface area contributed by atoms with Crippen LogP contribution in [-0.2, 0) is 0 Å². The second-order valence-electron chi connectivity index (χ2n) is 3.43. The van der Waals surface area contributed by atoms with Gasteiger partial charge in [0.2, 0.25) is 0 Å². The van der Waals surface area contributed by atoms with Crippen molar-refractivity contribution in [2.45, 2.75) is 0 Å². The Bertz CT molecular complexity index is 602. The molecule has 6 heteroatoms. The number of hydrogen-bond donors (Lipinski definition) is 1. The summed E-state index contributed by atoms with van der Waals surface area (Å²) in [6, 6.07) is 9.80. The fourth-order valence-electron chi connectivity index (χ4n) is 1.33. The number of aromatic nitrogens is 1. The predicted octanol–water partition coefficient (Wildman–Crippen LogP) is 4.29. The maximum absolute atomic E-state index is 11.9. The second-order valence-corrected chi connectivity index (χ2v) is 4.66. The highest BCUT2D eigenvalue weighted by atomic mass is 35.5. The Hall–Kier alpha value is -1.29. The van der Waals surface area contributed by atoms with E-state index in [0.29, 0.717) is 10.7 Å². The summed E-state index contributed by atoms with van der Waals surface area (Å²) in [5.74, 6) is -0.440. The highest BCUT2D eigenvalue weighted by Gasteiger charge is 2.13. The Labute approximate surface area is 119 Å². The lowest BCUT2D eigenvalue weighted by Crippen LogP contribution is -2.14. The maximum atomic E-state index is 11.9. The highest BCUT2D eigenvalue weighted by molar-refractivity contribution is 6.35. The van der Waals surface area contributed by atoms with Crippen LogP contribution in [0.5, 0.6) is 0 Å². The first-order valence-corrected chi connectivity index (χ1v) is 6.08. The third-order valence-corrected chi connectivity index (χ3v) is 2.86. The summed E-state index contributed by atoms with van der Waals surface area (Å²) in [5, 5.41) is 3.60. The number of halogens is 3. The number of rotatable bonds is 2. The molecule has 0 fully saturated rings. The first-order chi connectivity index (χ1) is 8.56. The van der Waals surface area contributed by atoms with Gasteiger partial charge in [0.25, 0.3) is 5.91 Å². The molecule has 2 rings (SSSR count). The zero-order valence-electron chi connectivity index (χ0n) is 8.95. The molecule has 1 heterocycles. The first-order valence-electron chi connectivity index (χ1n) is 4.95. The molecular weight excluding hydrogens is 295 g/mol. The highest BCUT2D eigenvalue weighted by Crippen LogP contribution is 2.20. The number of pyridine rings is 1. The van der Waals surface area contributed by atoms with Gasteiger partial charge in [-0.25, -0.2) is 4.98 Å². The van der Waals surface area contributed by atoms with Gasteiger partial charge in [0.05, 0.1) is 5.02 Å². The van der Waals surface area contributed by atoms with E-state index in [1.807, 2.05) is 0 Å². The van der Waals surface area contributed by atoms with Gasteiger partial charge in [-0.15, -0.1) is 0 Å². The number of nitrogens with zero attached hydrogens (tertiary/aromatic N) is 1. The van der Waals surface area contributed by atoms with Crippen LogP contribution in [0, 0.1) is 0 Å². The van der Waals surface area contributed by atoms with Crippen molar-refractivity contribution in [3.05, 3.63) is 57.3 Å². The molecule has 2 aromatic rings. The van der Waals surface area contributed by atoms with Crippen LogP contribution in [0.15, 0.2) is 36.4 Å². The van der Waals surface area contributed by atoms with Gasteiger partial charge < -0.3 is 5.32 Å². The minimum atomic E-state index is -0.440. The number of nitrogens with one attached hydrogen (secondary N) is 1. The Morgan fingerprint density at radius 2 is 1.89 bits per heavy atom. The molecule has 1 N–H and O–H groups in total. The van der Waals surface area contributed by atoms with Crippen LogP contribution in [-0.4, -0.2) is 10.9 Å². The van der Waals surface area contributed by atoms with Crippen molar-refractivity contribution in [3.8, 4) is 0 Å². The van der Waals surface area contributed by atoms with Gasteiger partial charge >= 0.3 is 0 Å². The summed E-state index contributed by atoms with van der Waals surface area (Å²) in [5.41, 5.74) is 0.634. The number of carbonyl (C=O) groups is 1. The van der Waals surface area contributed by atoms with E-state index >= 15 is 0 Å². The number of hydrogen-bond acceptors (Lipinski definition) is 2. The average Bonchev–Trinajstić information content (AvgIpc) is 2.32. The van der Waals surface area contributed by atoms with E-state index in [1.54, 1.807) is 24.3 Å². The Balaban J connectivity index is 2.24. The molecule has 1 aromatic heterocycles. The van der Waals surface area contributed by atoms with E-state index in [2.05, 4.69) is 10.3 Å². The average molecular weight is 302 g/mol. The number of carbonyl (C=O) groups excluding carboxylic acids is 1. The molecule has 0 aliphatic heterocycles. The van der Waals surface area contributed by atoms with Gasteiger partial charge in [-0.2, -0.15) is 0 Å². The number of anilines is 1. The normalized spacial score (nSPS) is 10.2. The summed E-state index contributed by atoms with van der Waals surface area (Å²) in [6.07, 6.45) is 0. The molecule has 0 aliphatic carbocycles. The lowest BCUT2D eigenvalue weighted by atomic mass is 10.3. The molecule has 1 amide bonds. The van der Waals surface area contributed by atoms with Crippen molar-refractivity contribution in [1.82, 2.24) is 4.98 Å². The summed E-state index contributed by atoms with van der Waals surface area (Å²) < 4.78 is 0. The minimum Gasteiger partial charge on any atom is -0.321 e. The minimum absolute atomic E-state index is 0.0733. The zero-order chi connectivity index (χ0) is 13.1. The first kappa shape index (κ1) is 13.1. The van der Waals surface area contributed by atoms with Gasteiger partial charge in [-0.05, 0) is 30.3 Å². The number of amides is 1. The van der Waals surface area contributed by atoms with Gasteiger partial charge in [0, 0.05) is 10.7 Å². The molecule has 3 nitrogen and oxygen atoms in total. The monoisotopic (exact) mass is 300 g/mol. The topological polar surface area (TPSA) is 42.0 Å². The Kier molecular flexibility index (Phi) is 4.07. The number of benzene rings is 1. The van der Waals surface area contributed by atoms with Crippen LogP contribution in [0.25, 0.3) is 0 Å². The van der Waals surface area contributed by atoms with E-state index in [4.69, 9.17) is 34.8 Å². The van der Waals surface area contributed by atoms with Crippen LogP contribution in [0.4, 0.5) is 5.69 Å². The lowest BCUT2D eigenvalue weighted by molar-refractivity contribution is 0.102. The van der Waals surface area contributed by atoms with E-state index in [1.165, 1.54) is 12.1 Å². The zero-order valence-corrected chi connectivity index (χ0v) is 11.2. The SMILES string of the molecule is O=C(Nc1cccc(Cl)c1)c1nc(Cl)ccc1Cl. The summed E-state index contributed by atoms with van der Waals surface area (Å²) >= 11 is 17.4. The summed E-state index contributed by atoms with van der Waals surface area (Å²) in [6.45, 7) is 0. The van der Waals surface area contributed by atoms with Gasteiger partial charge in [-0.1, -0.05) is 40.9 Å². The molecule has 0 saturated heterocycles. The van der Waals surface area contributed by atoms with E-state index in [9.17, 15) is 4.79 Å². The molecule has 0 spiro atoms. The van der Waals surface area contributed by atoms with Crippen LogP contribution >= 0.6 is 34.8 Å². The van der Waals surface area contributed by atoms with E-state index < -0.39 is 5.91 Å². The molecular formula is C12H7Cl3N2O. The van der Waals surface area contributed by atoms with Crippen LogP contribution < -0.4 is 5.32 Å². The standard InChI is InChI=1S/C12H7Cl3N2O/c13-7-2-1-3-8(6-7)16-12(18)11-9(14)4-5-10(15)17-11/h1-6H,(H,16,18). The molecule has 0 aliphatic rings. The van der Waals surface area contributed by atoms with Crippen LogP contribution in [0.3, 0.4) is 0 Å². The molecule has 0 saturated carbocycles. The third-order valence-electron chi connectivity index (χ3n) is 2.11. The molecule has 0 radical (unpaired) electrons. The second kappa shape index (κ2) is 5.57. The fourth-order valence-corrected chi connectivity index (χ4v) is 1.86. The summed E-state index contributed by atoms with van der Waals surface area (Å²) in [4.78, 5) is 15.8. The molecule has 18 heavy (non-hydrogen) atoms. The van der Waals surface area contributed by atoms with Crippen LogP contribution in [0.1, 0.15) is 10.5 Å². The Morgan fingerprint density at radius 3 is 2.61 bits per heavy atom. The van der Waals surface area contributed by atoms with Crippen molar-refractivity contribution in [3.63, 3.8) is 0 Å². The van der Waals surface area contributed by atoms with Gasteiger partial charge in [-0.3, -0.25) is 4.79 Å². The molecule has 0 unspecified atom stereocenters. The van der Waals surface area contributed by atoms with Crippen molar-refractivity contribution in [1.29, 1.82) is 0 Å². The molecule has 0 atom stereocenters. The Morgan fingerprint density at radius 1 is 1.11 bits per heavy atom. The van der Waals surface area contributed by atoms with Gasteiger partial charge in [0.15, 0.2) is 0 Å². The van der Waals surface area contributed by atoms with Crippen molar-refractivity contribution in [2.24, 2.45) is 0 Å². The third kappa shape index (κ3) is 3.13. The van der Waals surface area contributed by atoms with Gasteiger partial charge in [0.1, 0.15) is 10.8 Å². The molecule has 0 bridgehead atoms. The molecule has 1 aromatic carbocycles. The smallest absolute Gasteiger partial charge is 0.275 e. The summed E-state index contributed by atoms with van der Waals surface area (Å²) in [7, 11) is 0. The maximum Gasteiger partial charge on any atom is 0.275 e.